The number of piperidine rings is 1. The molecule has 0 spiro atoms. The van der Waals surface area contributed by atoms with Crippen molar-refractivity contribution in [1.29, 1.82) is 0 Å². The van der Waals surface area contributed by atoms with E-state index in [1.165, 1.54) is 50.0 Å². The van der Waals surface area contributed by atoms with Crippen molar-refractivity contribution in [2.24, 2.45) is 5.92 Å². The lowest BCUT2D eigenvalue weighted by Crippen LogP contribution is -2.52. The Morgan fingerprint density at radius 3 is 2.87 bits per heavy atom. The second-order valence-electron chi connectivity index (χ2n) is 5.11. The van der Waals surface area contributed by atoms with Crippen molar-refractivity contribution in [3.8, 4) is 0 Å². The van der Waals surface area contributed by atoms with E-state index in [0.29, 0.717) is 6.61 Å². The average Bonchev–Trinajstić information content (AvgIpc) is 2.32. The Balaban J connectivity index is 1.87. The number of thioether (sulfide) groups is 1. The molecule has 88 valence electrons. The van der Waals surface area contributed by atoms with Crippen LogP contribution in [0.25, 0.3) is 0 Å². The Hall–Kier alpha value is 0.270. The monoisotopic (exact) mass is 229 g/mol. The smallest absolute Gasteiger partial charge is 0.0613 e. The van der Waals surface area contributed by atoms with Crippen LogP contribution in [0.4, 0.5) is 0 Å². The minimum Gasteiger partial charge on any atom is -0.394 e. The highest BCUT2D eigenvalue weighted by Crippen LogP contribution is 2.32. The molecule has 15 heavy (non-hydrogen) atoms. The molecule has 2 atom stereocenters. The fraction of sp³-hybridized carbons (Fsp3) is 1.00. The third-order valence-corrected chi connectivity index (χ3v) is 5.10. The topological polar surface area (TPSA) is 32.3 Å². The van der Waals surface area contributed by atoms with E-state index < -0.39 is 0 Å². The highest BCUT2D eigenvalue weighted by Gasteiger charge is 2.33. The molecule has 0 amide bonds. The molecule has 2 aliphatic rings. The van der Waals surface area contributed by atoms with Crippen molar-refractivity contribution in [2.45, 2.75) is 44.1 Å². The van der Waals surface area contributed by atoms with Crippen LogP contribution in [0, 0.1) is 5.92 Å². The molecule has 2 fully saturated rings. The summed E-state index contributed by atoms with van der Waals surface area (Å²) in [5, 5.41) is 13.2. The standard InChI is InChI=1S/C12H23NOS/c14-10-12(5-1-2-6-13-12)8-11-4-3-7-15-9-11/h11,13-14H,1-10H2. The van der Waals surface area contributed by atoms with Gasteiger partial charge in [0.05, 0.1) is 6.61 Å². The van der Waals surface area contributed by atoms with Gasteiger partial charge >= 0.3 is 0 Å². The summed E-state index contributed by atoms with van der Waals surface area (Å²) >= 11 is 2.09. The van der Waals surface area contributed by atoms with Crippen molar-refractivity contribution >= 4 is 11.8 Å². The SMILES string of the molecule is OCC1(CC2CCCSC2)CCCCN1. The summed E-state index contributed by atoms with van der Waals surface area (Å²) in [4.78, 5) is 0. The number of nitrogens with one attached hydrogen (secondary N) is 1. The van der Waals surface area contributed by atoms with Gasteiger partial charge in [0, 0.05) is 5.54 Å². The predicted molar refractivity (Wildman–Crippen MR) is 66.3 cm³/mol. The van der Waals surface area contributed by atoms with E-state index in [9.17, 15) is 5.11 Å². The van der Waals surface area contributed by atoms with Gasteiger partial charge in [-0.1, -0.05) is 6.42 Å². The normalized spacial score (nSPS) is 37.8. The summed E-state index contributed by atoms with van der Waals surface area (Å²) in [7, 11) is 0. The molecule has 2 saturated heterocycles. The van der Waals surface area contributed by atoms with Crippen LogP contribution in [0.2, 0.25) is 0 Å². The third kappa shape index (κ3) is 3.11. The van der Waals surface area contributed by atoms with Gasteiger partial charge in [-0.15, -0.1) is 0 Å². The summed E-state index contributed by atoms with van der Waals surface area (Å²) in [5.41, 5.74) is 0.0703. The second kappa shape index (κ2) is 5.55. The molecule has 2 aliphatic heterocycles. The number of rotatable bonds is 3. The Morgan fingerprint density at radius 1 is 1.33 bits per heavy atom. The van der Waals surface area contributed by atoms with E-state index in [0.717, 1.165) is 12.5 Å². The number of hydrogen-bond acceptors (Lipinski definition) is 3. The van der Waals surface area contributed by atoms with Gasteiger partial charge in [-0.2, -0.15) is 11.8 Å². The van der Waals surface area contributed by atoms with Crippen LogP contribution in [-0.2, 0) is 0 Å². The van der Waals surface area contributed by atoms with Gasteiger partial charge in [-0.05, 0) is 56.1 Å². The molecular weight excluding hydrogens is 206 g/mol. The molecule has 3 heteroatoms. The molecular formula is C12H23NOS. The molecule has 0 aromatic carbocycles. The summed E-state index contributed by atoms with van der Waals surface area (Å²) in [6.07, 6.45) is 7.67. The van der Waals surface area contributed by atoms with Gasteiger partial charge < -0.3 is 10.4 Å². The van der Waals surface area contributed by atoms with E-state index in [1.807, 2.05) is 0 Å². The van der Waals surface area contributed by atoms with E-state index in [-0.39, 0.29) is 5.54 Å². The van der Waals surface area contributed by atoms with Crippen molar-refractivity contribution in [2.75, 3.05) is 24.7 Å². The van der Waals surface area contributed by atoms with Crippen molar-refractivity contribution in [1.82, 2.24) is 5.32 Å². The molecule has 2 heterocycles. The maximum absolute atomic E-state index is 9.60. The first-order valence-corrected chi connectivity index (χ1v) is 7.44. The number of aliphatic hydroxyl groups is 1. The first kappa shape index (κ1) is 11.7. The van der Waals surface area contributed by atoms with Crippen LogP contribution in [0.5, 0.6) is 0 Å². The summed E-state index contributed by atoms with van der Waals surface area (Å²) in [5.74, 6) is 3.49. The van der Waals surface area contributed by atoms with Crippen LogP contribution < -0.4 is 5.32 Å². The zero-order valence-electron chi connectivity index (χ0n) is 9.50. The number of aliphatic hydroxyl groups excluding tert-OH is 1. The lowest BCUT2D eigenvalue weighted by atomic mass is 9.80. The fourth-order valence-corrected chi connectivity index (χ4v) is 4.08. The molecule has 2 N–H and O–H groups in total. The van der Waals surface area contributed by atoms with E-state index in [4.69, 9.17) is 0 Å². The van der Waals surface area contributed by atoms with E-state index in [1.54, 1.807) is 0 Å². The predicted octanol–water partition coefficient (Wildman–Crippen LogP) is 2.02. The van der Waals surface area contributed by atoms with Gasteiger partial charge in [0.1, 0.15) is 0 Å². The molecule has 0 aromatic heterocycles. The van der Waals surface area contributed by atoms with Crippen molar-refractivity contribution in [3.05, 3.63) is 0 Å². The Labute approximate surface area is 97.2 Å². The van der Waals surface area contributed by atoms with Crippen molar-refractivity contribution in [3.63, 3.8) is 0 Å². The highest BCUT2D eigenvalue weighted by molar-refractivity contribution is 7.99. The fourth-order valence-electron chi connectivity index (χ4n) is 2.93. The van der Waals surface area contributed by atoms with Gasteiger partial charge in [-0.25, -0.2) is 0 Å². The maximum Gasteiger partial charge on any atom is 0.0613 e. The van der Waals surface area contributed by atoms with Gasteiger partial charge in [-0.3, -0.25) is 0 Å². The molecule has 2 rings (SSSR count). The van der Waals surface area contributed by atoms with Crippen LogP contribution in [0.1, 0.15) is 38.5 Å². The molecule has 2 unspecified atom stereocenters. The molecule has 0 aromatic rings. The second-order valence-corrected chi connectivity index (χ2v) is 6.26. The Bertz CT molecular complexity index is 186. The summed E-state index contributed by atoms with van der Waals surface area (Å²) in [6.45, 7) is 1.43. The van der Waals surface area contributed by atoms with Crippen molar-refractivity contribution < 1.29 is 5.11 Å². The van der Waals surface area contributed by atoms with E-state index >= 15 is 0 Å². The number of hydrogen-bond donors (Lipinski definition) is 2. The largest absolute Gasteiger partial charge is 0.394 e. The maximum atomic E-state index is 9.60. The lowest BCUT2D eigenvalue weighted by molar-refractivity contribution is 0.107. The van der Waals surface area contributed by atoms with Crippen LogP contribution in [0.15, 0.2) is 0 Å². The van der Waals surface area contributed by atoms with Gasteiger partial charge in [0.2, 0.25) is 0 Å². The summed E-state index contributed by atoms with van der Waals surface area (Å²) in [6, 6.07) is 0. The lowest BCUT2D eigenvalue weighted by Gasteiger charge is -2.40. The highest BCUT2D eigenvalue weighted by atomic mass is 32.2. The zero-order chi connectivity index (χ0) is 10.6. The molecule has 0 radical (unpaired) electrons. The van der Waals surface area contributed by atoms with Crippen LogP contribution >= 0.6 is 11.8 Å². The van der Waals surface area contributed by atoms with Crippen LogP contribution in [-0.4, -0.2) is 35.3 Å². The van der Waals surface area contributed by atoms with Gasteiger partial charge in [0.25, 0.3) is 0 Å². The first-order chi connectivity index (χ1) is 7.35. The molecule has 0 aliphatic carbocycles. The van der Waals surface area contributed by atoms with E-state index in [2.05, 4.69) is 17.1 Å². The minimum absolute atomic E-state index is 0.0703. The van der Waals surface area contributed by atoms with Gasteiger partial charge in [0.15, 0.2) is 0 Å². The minimum atomic E-state index is 0.0703. The average molecular weight is 229 g/mol. The summed E-state index contributed by atoms with van der Waals surface area (Å²) < 4.78 is 0. The molecule has 2 nitrogen and oxygen atoms in total. The Morgan fingerprint density at radius 2 is 2.27 bits per heavy atom. The third-order valence-electron chi connectivity index (χ3n) is 3.82. The van der Waals surface area contributed by atoms with Crippen LogP contribution in [0.3, 0.4) is 0 Å². The first-order valence-electron chi connectivity index (χ1n) is 6.28. The molecule has 0 bridgehead atoms. The molecule has 0 saturated carbocycles. The Kier molecular flexibility index (Phi) is 4.35. The quantitative estimate of drug-likeness (QED) is 0.776. The zero-order valence-corrected chi connectivity index (χ0v) is 10.3.